The van der Waals surface area contributed by atoms with Gasteiger partial charge >= 0.3 is 0 Å². The van der Waals surface area contributed by atoms with Crippen molar-refractivity contribution in [2.24, 2.45) is 0 Å². The van der Waals surface area contributed by atoms with E-state index in [1.165, 1.54) is 16.6 Å². The zero-order chi connectivity index (χ0) is 21.9. The first-order chi connectivity index (χ1) is 15.7. The maximum atomic E-state index is 12.3. The Kier molecular flexibility index (Phi) is 5.73. The van der Waals surface area contributed by atoms with Crippen molar-refractivity contribution in [2.45, 2.75) is 32.9 Å². The molecule has 0 atom stereocenters. The van der Waals surface area contributed by atoms with Gasteiger partial charge in [0.25, 0.3) is 5.91 Å². The normalized spacial score (nSPS) is 14.3. The molecule has 164 valence electrons. The summed E-state index contributed by atoms with van der Waals surface area (Å²) in [4.78, 5) is 18.3. The van der Waals surface area contributed by atoms with Gasteiger partial charge < -0.3 is 14.9 Å². The third-order valence-corrected chi connectivity index (χ3v) is 6.12. The van der Waals surface area contributed by atoms with Gasteiger partial charge in [-0.05, 0) is 36.6 Å². The van der Waals surface area contributed by atoms with E-state index in [9.17, 15) is 4.79 Å². The predicted octanol–water partition coefficient (Wildman–Crippen LogP) is 3.10. The number of aryl methyl sites for hydroxylation is 1. The summed E-state index contributed by atoms with van der Waals surface area (Å²) >= 11 is 0. The second-order valence-corrected chi connectivity index (χ2v) is 8.46. The Morgan fingerprint density at radius 2 is 1.91 bits per heavy atom. The lowest BCUT2D eigenvalue weighted by molar-refractivity contribution is 0.0954. The average Bonchev–Trinajstić information content (AvgIpc) is 3.33. The van der Waals surface area contributed by atoms with Crippen molar-refractivity contribution in [2.75, 3.05) is 19.6 Å². The maximum Gasteiger partial charge on any atom is 0.251 e. The molecule has 5 rings (SSSR count). The van der Waals surface area contributed by atoms with Crippen LogP contribution < -0.4 is 5.32 Å². The van der Waals surface area contributed by atoms with E-state index in [1.807, 2.05) is 31.2 Å². The average molecular weight is 429 g/mol. The van der Waals surface area contributed by atoms with Crippen LogP contribution in [0.2, 0.25) is 0 Å². The summed E-state index contributed by atoms with van der Waals surface area (Å²) in [6, 6.07) is 18.3. The maximum absolute atomic E-state index is 12.3. The Hall–Kier alpha value is -3.45. The van der Waals surface area contributed by atoms with Crippen molar-refractivity contribution < 1.29 is 4.79 Å². The predicted molar refractivity (Wildman–Crippen MR) is 125 cm³/mol. The Bertz CT molecular complexity index is 1190. The molecule has 4 aromatic rings. The van der Waals surface area contributed by atoms with Crippen molar-refractivity contribution in [3.63, 3.8) is 0 Å². The molecule has 7 nitrogen and oxygen atoms in total. The van der Waals surface area contributed by atoms with Crippen LogP contribution in [0.1, 0.15) is 33.3 Å². The number of aromatic amines is 1. The minimum Gasteiger partial charge on any atom is -0.357 e. The Morgan fingerprint density at radius 3 is 2.75 bits per heavy atom. The molecule has 0 saturated carbocycles. The van der Waals surface area contributed by atoms with Crippen LogP contribution in [0.15, 0.2) is 54.6 Å². The van der Waals surface area contributed by atoms with Crippen LogP contribution in [0.25, 0.3) is 10.9 Å². The lowest BCUT2D eigenvalue weighted by atomic mass is 10.1. The monoisotopic (exact) mass is 428 g/mol. The van der Waals surface area contributed by atoms with Crippen LogP contribution in [0, 0.1) is 6.92 Å². The van der Waals surface area contributed by atoms with Crippen LogP contribution in [-0.4, -0.2) is 50.2 Å². The SMILES string of the molecule is Cc1ccc(C(=O)NCCc2nnc3n2CCN(Cc2cc4ccccc4[nH]2)CC3)cc1. The molecule has 2 aromatic carbocycles. The first-order valence-electron chi connectivity index (χ1n) is 11.2. The summed E-state index contributed by atoms with van der Waals surface area (Å²) in [5, 5.41) is 13.1. The Labute approximate surface area is 187 Å². The second-order valence-electron chi connectivity index (χ2n) is 8.46. The third-order valence-electron chi connectivity index (χ3n) is 6.12. The standard InChI is InChI=1S/C25H28N6O/c1-18-6-8-19(9-7-18)25(32)26-12-10-23-28-29-24-11-13-30(14-15-31(23)24)17-21-16-20-4-2-3-5-22(20)27-21/h2-9,16,27H,10-15,17H2,1H3,(H,26,32). The van der Waals surface area contributed by atoms with Gasteiger partial charge in [-0.15, -0.1) is 10.2 Å². The van der Waals surface area contributed by atoms with Crippen LogP contribution in [0.3, 0.4) is 0 Å². The smallest absolute Gasteiger partial charge is 0.251 e. The summed E-state index contributed by atoms with van der Waals surface area (Å²) in [5.74, 6) is 1.92. The Balaban J connectivity index is 1.17. The highest BCUT2D eigenvalue weighted by Gasteiger charge is 2.19. The largest absolute Gasteiger partial charge is 0.357 e. The minimum absolute atomic E-state index is 0.0508. The van der Waals surface area contributed by atoms with E-state index in [0.717, 1.165) is 49.8 Å². The number of para-hydroxylation sites is 1. The molecule has 0 spiro atoms. The number of benzene rings is 2. The second kappa shape index (κ2) is 8.96. The molecule has 0 fully saturated rings. The summed E-state index contributed by atoms with van der Waals surface area (Å²) < 4.78 is 2.23. The van der Waals surface area contributed by atoms with Gasteiger partial charge in [0.05, 0.1) is 0 Å². The summed E-state index contributed by atoms with van der Waals surface area (Å²) in [6.45, 7) is 6.23. The van der Waals surface area contributed by atoms with E-state index in [0.29, 0.717) is 18.5 Å². The number of amides is 1. The molecule has 2 aromatic heterocycles. The number of hydrogen-bond acceptors (Lipinski definition) is 4. The molecule has 1 amide bonds. The number of aromatic nitrogens is 4. The molecule has 3 heterocycles. The molecule has 0 bridgehead atoms. The fourth-order valence-corrected chi connectivity index (χ4v) is 4.32. The van der Waals surface area contributed by atoms with Gasteiger partial charge in [0, 0.05) is 62.3 Å². The molecular formula is C25H28N6O. The molecule has 2 N–H and O–H groups in total. The quantitative estimate of drug-likeness (QED) is 0.495. The molecule has 7 heteroatoms. The molecular weight excluding hydrogens is 400 g/mol. The number of nitrogens with one attached hydrogen (secondary N) is 2. The van der Waals surface area contributed by atoms with Crippen LogP contribution in [-0.2, 0) is 25.9 Å². The molecule has 0 saturated heterocycles. The molecule has 1 aliphatic rings. The number of carbonyl (C=O) groups excluding carboxylic acids is 1. The van der Waals surface area contributed by atoms with E-state index in [-0.39, 0.29) is 5.91 Å². The number of fused-ring (bicyclic) bond motifs is 2. The number of nitrogens with zero attached hydrogens (tertiary/aromatic N) is 4. The van der Waals surface area contributed by atoms with Crippen molar-refractivity contribution in [1.82, 2.24) is 30.0 Å². The van der Waals surface area contributed by atoms with Gasteiger partial charge in [0.15, 0.2) is 0 Å². The van der Waals surface area contributed by atoms with Crippen molar-refractivity contribution >= 4 is 16.8 Å². The van der Waals surface area contributed by atoms with E-state index in [4.69, 9.17) is 0 Å². The van der Waals surface area contributed by atoms with Crippen LogP contribution in [0.4, 0.5) is 0 Å². The minimum atomic E-state index is -0.0508. The van der Waals surface area contributed by atoms with Crippen LogP contribution in [0.5, 0.6) is 0 Å². The summed E-state index contributed by atoms with van der Waals surface area (Å²) in [5.41, 5.74) is 4.25. The molecule has 0 radical (unpaired) electrons. The molecule has 32 heavy (non-hydrogen) atoms. The fraction of sp³-hybridized carbons (Fsp3) is 0.320. The first kappa shape index (κ1) is 20.5. The number of rotatable bonds is 6. The lowest BCUT2D eigenvalue weighted by Gasteiger charge is -2.18. The highest BCUT2D eigenvalue weighted by Crippen LogP contribution is 2.17. The van der Waals surface area contributed by atoms with Gasteiger partial charge in [-0.3, -0.25) is 9.69 Å². The first-order valence-corrected chi connectivity index (χ1v) is 11.2. The van der Waals surface area contributed by atoms with E-state index in [1.54, 1.807) is 0 Å². The zero-order valence-corrected chi connectivity index (χ0v) is 18.3. The Morgan fingerprint density at radius 1 is 1.06 bits per heavy atom. The van der Waals surface area contributed by atoms with Gasteiger partial charge in [-0.25, -0.2) is 0 Å². The zero-order valence-electron chi connectivity index (χ0n) is 18.3. The van der Waals surface area contributed by atoms with Gasteiger partial charge in [-0.2, -0.15) is 0 Å². The van der Waals surface area contributed by atoms with Crippen molar-refractivity contribution in [3.8, 4) is 0 Å². The third kappa shape index (κ3) is 4.43. The van der Waals surface area contributed by atoms with E-state index < -0.39 is 0 Å². The van der Waals surface area contributed by atoms with Crippen LogP contribution >= 0.6 is 0 Å². The van der Waals surface area contributed by atoms with Gasteiger partial charge in [0.1, 0.15) is 11.6 Å². The summed E-state index contributed by atoms with van der Waals surface area (Å²) in [6.07, 6.45) is 1.55. The molecule has 0 aliphatic carbocycles. The highest BCUT2D eigenvalue weighted by atomic mass is 16.1. The molecule has 1 aliphatic heterocycles. The van der Waals surface area contributed by atoms with Gasteiger partial charge in [-0.1, -0.05) is 35.9 Å². The highest BCUT2D eigenvalue weighted by molar-refractivity contribution is 5.94. The fourth-order valence-electron chi connectivity index (χ4n) is 4.32. The molecule has 0 unspecified atom stereocenters. The topological polar surface area (TPSA) is 78.8 Å². The van der Waals surface area contributed by atoms with Crippen molar-refractivity contribution in [3.05, 3.63) is 83.1 Å². The van der Waals surface area contributed by atoms with Gasteiger partial charge in [0.2, 0.25) is 0 Å². The van der Waals surface area contributed by atoms with Crippen molar-refractivity contribution in [1.29, 1.82) is 0 Å². The number of H-pyrrole nitrogens is 1. The van der Waals surface area contributed by atoms with E-state index >= 15 is 0 Å². The summed E-state index contributed by atoms with van der Waals surface area (Å²) in [7, 11) is 0. The van der Waals surface area contributed by atoms with E-state index in [2.05, 4.69) is 60.3 Å². The number of hydrogen-bond donors (Lipinski definition) is 2. The lowest BCUT2D eigenvalue weighted by Crippen LogP contribution is -2.28. The number of carbonyl (C=O) groups is 1.